The fourth-order valence-corrected chi connectivity index (χ4v) is 6.60. The Kier molecular flexibility index (Phi) is 2.91. The summed E-state index contributed by atoms with van der Waals surface area (Å²) in [6, 6.07) is 0. The molecule has 4 aliphatic rings. The van der Waals surface area contributed by atoms with Crippen LogP contribution in [0, 0.1) is 34.5 Å². The molecule has 4 unspecified atom stereocenters. The molecule has 122 valence electrons. The topological polar surface area (TPSA) is 98.2 Å². The van der Waals surface area contributed by atoms with Crippen LogP contribution >= 0.6 is 0 Å². The standard InChI is InChI=1S/C16H24FN3O2/c17-10-7-20-6-3-8(10)16(14(19)22)11-2-1-9(12(16)13(18)21)15(11)4-5-15/h8-12,20H,1-7H2,(H2,18,21)(H2,19,22)/t8-,9?,10+,11?,12?,16?/m0/s1. The zero-order valence-corrected chi connectivity index (χ0v) is 12.7. The van der Waals surface area contributed by atoms with Crippen LogP contribution in [-0.2, 0) is 9.59 Å². The largest absolute Gasteiger partial charge is 0.369 e. The highest BCUT2D eigenvalue weighted by Gasteiger charge is 2.79. The molecule has 3 saturated carbocycles. The Morgan fingerprint density at radius 1 is 1.09 bits per heavy atom. The number of carbonyl (C=O) groups is 2. The molecule has 2 amide bonds. The van der Waals surface area contributed by atoms with Gasteiger partial charge in [0.1, 0.15) is 6.17 Å². The number of piperidine rings is 1. The molecule has 4 fully saturated rings. The summed E-state index contributed by atoms with van der Waals surface area (Å²) in [5.41, 5.74) is 10.5. The normalized spacial score (nSPS) is 48.5. The highest BCUT2D eigenvalue weighted by atomic mass is 19.1. The first-order valence-electron chi connectivity index (χ1n) is 8.40. The number of amides is 2. The van der Waals surface area contributed by atoms with Crippen LogP contribution in [0.25, 0.3) is 0 Å². The number of nitrogens with one attached hydrogen (secondary N) is 1. The van der Waals surface area contributed by atoms with Gasteiger partial charge in [0.2, 0.25) is 11.8 Å². The van der Waals surface area contributed by atoms with Crippen LogP contribution in [0.3, 0.4) is 0 Å². The molecule has 0 aromatic rings. The van der Waals surface area contributed by atoms with Gasteiger partial charge in [-0.05, 0) is 55.9 Å². The molecule has 2 bridgehead atoms. The Balaban J connectivity index is 1.86. The smallest absolute Gasteiger partial charge is 0.225 e. The summed E-state index contributed by atoms with van der Waals surface area (Å²) in [4.78, 5) is 24.9. The van der Waals surface area contributed by atoms with Crippen LogP contribution < -0.4 is 16.8 Å². The Morgan fingerprint density at radius 2 is 1.82 bits per heavy atom. The highest BCUT2D eigenvalue weighted by molar-refractivity contribution is 5.91. The van der Waals surface area contributed by atoms with E-state index in [1.165, 1.54) is 0 Å². The molecule has 1 aliphatic heterocycles. The number of alkyl halides is 1. The fraction of sp³-hybridized carbons (Fsp3) is 0.875. The van der Waals surface area contributed by atoms with Gasteiger partial charge in [-0.15, -0.1) is 0 Å². The maximum absolute atomic E-state index is 14.7. The molecule has 5 N–H and O–H groups in total. The molecular weight excluding hydrogens is 285 g/mol. The van der Waals surface area contributed by atoms with Crippen LogP contribution in [0.15, 0.2) is 0 Å². The average molecular weight is 309 g/mol. The van der Waals surface area contributed by atoms with Crippen molar-refractivity contribution in [1.29, 1.82) is 0 Å². The number of carbonyl (C=O) groups excluding carboxylic acids is 2. The van der Waals surface area contributed by atoms with Crippen molar-refractivity contribution < 1.29 is 14.0 Å². The first-order chi connectivity index (χ1) is 10.5. The molecule has 6 heteroatoms. The quantitative estimate of drug-likeness (QED) is 0.700. The number of nitrogens with two attached hydrogens (primary N) is 2. The maximum Gasteiger partial charge on any atom is 0.225 e. The molecule has 0 aromatic carbocycles. The van der Waals surface area contributed by atoms with Gasteiger partial charge in [-0.3, -0.25) is 9.59 Å². The summed E-state index contributed by atoms with van der Waals surface area (Å²) in [7, 11) is 0. The van der Waals surface area contributed by atoms with Gasteiger partial charge >= 0.3 is 0 Å². The van der Waals surface area contributed by atoms with Gasteiger partial charge in [0.15, 0.2) is 0 Å². The lowest BCUT2D eigenvalue weighted by atomic mass is 9.56. The van der Waals surface area contributed by atoms with Crippen LogP contribution in [0.1, 0.15) is 32.1 Å². The van der Waals surface area contributed by atoms with E-state index in [4.69, 9.17) is 11.5 Å². The molecular formula is C16H24FN3O2. The first-order valence-corrected chi connectivity index (χ1v) is 8.40. The van der Waals surface area contributed by atoms with Gasteiger partial charge in [-0.25, -0.2) is 4.39 Å². The van der Waals surface area contributed by atoms with Gasteiger partial charge in [-0.1, -0.05) is 0 Å². The molecule has 5 nitrogen and oxygen atoms in total. The highest BCUT2D eigenvalue weighted by Crippen LogP contribution is 2.79. The number of hydrogen-bond donors (Lipinski definition) is 3. The monoisotopic (exact) mass is 309 g/mol. The molecule has 6 atom stereocenters. The van der Waals surface area contributed by atoms with E-state index >= 15 is 0 Å². The number of primary amides is 2. The van der Waals surface area contributed by atoms with Crippen molar-refractivity contribution in [3.8, 4) is 0 Å². The SMILES string of the molecule is NC(=O)C1C2CCC(C23CC3)C1(C(N)=O)[C@H]1CCNC[C@H]1F. The van der Waals surface area contributed by atoms with Crippen molar-refractivity contribution >= 4 is 11.8 Å². The van der Waals surface area contributed by atoms with Crippen molar-refractivity contribution in [1.82, 2.24) is 5.32 Å². The van der Waals surface area contributed by atoms with Crippen molar-refractivity contribution in [3.63, 3.8) is 0 Å². The van der Waals surface area contributed by atoms with Crippen molar-refractivity contribution in [2.24, 2.45) is 46.0 Å². The van der Waals surface area contributed by atoms with Gasteiger partial charge < -0.3 is 16.8 Å². The second-order valence-electron chi connectivity index (χ2n) is 7.76. The predicted octanol–water partition coefficient (Wildman–Crippen LogP) is 0.327. The van der Waals surface area contributed by atoms with Gasteiger partial charge in [0, 0.05) is 12.5 Å². The summed E-state index contributed by atoms with van der Waals surface area (Å²) in [5, 5.41) is 3.03. The Labute approximate surface area is 129 Å². The summed E-state index contributed by atoms with van der Waals surface area (Å²) >= 11 is 0. The summed E-state index contributed by atoms with van der Waals surface area (Å²) in [6.07, 6.45) is 3.28. The van der Waals surface area contributed by atoms with E-state index in [-0.39, 0.29) is 23.8 Å². The molecule has 3 aliphatic carbocycles. The first kappa shape index (κ1) is 14.4. The van der Waals surface area contributed by atoms with Crippen LogP contribution in [0.2, 0.25) is 0 Å². The number of hydrogen-bond acceptors (Lipinski definition) is 3. The predicted molar refractivity (Wildman–Crippen MR) is 78.1 cm³/mol. The lowest BCUT2D eigenvalue weighted by Gasteiger charge is -2.48. The van der Waals surface area contributed by atoms with E-state index < -0.39 is 35.2 Å². The van der Waals surface area contributed by atoms with E-state index in [0.717, 1.165) is 25.7 Å². The third-order valence-corrected chi connectivity index (χ3v) is 7.27. The zero-order valence-electron chi connectivity index (χ0n) is 12.7. The summed E-state index contributed by atoms with van der Waals surface area (Å²) < 4.78 is 14.7. The third kappa shape index (κ3) is 1.47. The molecule has 1 heterocycles. The summed E-state index contributed by atoms with van der Waals surface area (Å²) in [6.45, 7) is 0.894. The molecule has 1 saturated heterocycles. The minimum absolute atomic E-state index is 0.0410. The third-order valence-electron chi connectivity index (χ3n) is 7.27. The molecule has 0 aromatic heterocycles. The zero-order chi connectivity index (χ0) is 15.7. The van der Waals surface area contributed by atoms with E-state index in [0.29, 0.717) is 13.0 Å². The van der Waals surface area contributed by atoms with Crippen molar-refractivity contribution in [2.45, 2.75) is 38.3 Å². The van der Waals surface area contributed by atoms with E-state index in [1.807, 2.05) is 0 Å². The molecule has 1 spiro atoms. The fourth-order valence-electron chi connectivity index (χ4n) is 6.60. The van der Waals surface area contributed by atoms with E-state index in [1.54, 1.807) is 0 Å². The lowest BCUT2D eigenvalue weighted by Crippen LogP contribution is -2.60. The average Bonchev–Trinajstić information content (AvgIpc) is 3.13. The summed E-state index contributed by atoms with van der Waals surface area (Å²) in [5.74, 6) is -1.83. The second kappa shape index (κ2) is 4.43. The van der Waals surface area contributed by atoms with Gasteiger partial charge in [-0.2, -0.15) is 0 Å². The lowest BCUT2D eigenvalue weighted by molar-refractivity contribution is -0.152. The number of halogens is 1. The minimum Gasteiger partial charge on any atom is -0.369 e. The Morgan fingerprint density at radius 3 is 2.36 bits per heavy atom. The second-order valence-corrected chi connectivity index (χ2v) is 7.76. The van der Waals surface area contributed by atoms with Gasteiger partial charge in [0.25, 0.3) is 0 Å². The number of rotatable bonds is 3. The Bertz CT molecular complexity index is 535. The maximum atomic E-state index is 14.7. The van der Waals surface area contributed by atoms with E-state index in [9.17, 15) is 14.0 Å². The van der Waals surface area contributed by atoms with Gasteiger partial charge in [0.05, 0.1) is 11.3 Å². The van der Waals surface area contributed by atoms with Crippen LogP contribution in [0.4, 0.5) is 4.39 Å². The van der Waals surface area contributed by atoms with Crippen molar-refractivity contribution in [3.05, 3.63) is 0 Å². The van der Waals surface area contributed by atoms with Crippen molar-refractivity contribution in [2.75, 3.05) is 13.1 Å². The molecule has 0 radical (unpaired) electrons. The molecule has 22 heavy (non-hydrogen) atoms. The minimum atomic E-state index is -1.14. The Hall–Kier alpha value is -1.17. The molecule has 4 rings (SSSR count). The van der Waals surface area contributed by atoms with Crippen LogP contribution in [-0.4, -0.2) is 31.1 Å². The van der Waals surface area contributed by atoms with Crippen LogP contribution in [0.5, 0.6) is 0 Å². The van der Waals surface area contributed by atoms with E-state index in [2.05, 4.69) is 5.32 Å².